The normalized spacial score (nSPS) is 36.1. The summed E-state index contributed by atoms with van der Waals surface area (Å²) in [7, 11) is 0. The van der Waals surface area contributed by atoms with E-state index in [4.69, 9.17) is 5.73 Å². The molecule has 0 spiro atoms. The molecule has 0 aromatic heterocycles. The van der Waals surface area contributed by atoms with Gasteiger partial charge < -0.3 is 10.6 Å². The molecule has 0 radical (unpaired) electrons. The van der Waals surface area contributed by atoms with Crippen molar-refractivity contribution in [2.45, 2.75) is 65.0 Å². The highest BCUT2D eigenvalue weighted by molar-refractivity contribution is 5.00. The third-order valence-electron chi connectivity index (χ3n) is 5.91. The van der Waals surface area contributed by atoms with Crippen LogP contribution in [0.5, 0.6) is 0 Å². The van der Waals surface area contributed by atoms with Crippen LogP contribution < -0.4 is 5.73 Å². The quantitative estimate of drug-likeness (QED) is 0.859. The maximum Gasteiger partial charge on any atom is 0.0359 e. The van der Waals surface area contributed by atoms with Crippen LogP contribution in [-0.4, -0.2) is 54.1 Å². The Morgan fingerprint density at radius 2 is 1.80 bits per heavy atom. The minimum absolute atomic E-state index is 0.270. The summed E-state index contributed by atoms with van der Waals surface area (Å²) in [5.74, 6) is 1.62. The molecule has 2 rings (SSSR count). The second-order valence-electron chi connectivity index (χ2n) is 7.48. The van der Waals surface area contributed by atoms with Gasteiger partial charge in [-0.05, 0) is 64.1 Å². The van der Waals surface area contributed by atoms with E-state index in [9.17, 15) is 0 Å². The van der Waals surface area contributed by atoms with Crippen LogP contribution in [0.15, 0.2) is 0 Å². The van der Waals surface area contributed by atoms with Crippen LogP contribution in [0, 0.1) is 11.8 Å². The van der Waals surface area contributed by atoms with Crippen molar-refractivity contribution in [1.29, 1.82) is 0 Å². The maximum atomic E-state index is 6.28. The number of hydrogen-bond acceptors (Lipinski definition) is 3. The molecule has 0 amide bonds. The number of rotatable bonds is 4. The van der Waals surface area contributed by atoms with Crippen LogP contribution >= 0.6 is 0 Å². The highest BCUT2D eigenvalue weighted by Crippen LogP contribution is 2.37. The minimum atomic E-state index is 0.270. The third-order valence-corrected chi connectivity index (χ3v) is 5.91. The molecule has 2 saturated heterocycles. The maximum absolute atomic E-state index is 6.28. The number of nitrogens with two attached hydrogens (primary N) is 1. The van der Waals surface area contributed by atoms with Crippen LogP contribution in [0.4, 0.5) is 0 Å². The molecule has 118 valence electrons. The second kappa shape index (κ2) is 6.76. The average Bonchev–Trinajstić information content (AvgIpc) is 2.44. The first-order valence-electron chi connectivity index (χ1n) is 8.71. The highest BCUT2D eigenvalue weighted by Gasteiger charge is 2.44. The second-order valence-corrected chi connectivity index (χ2v) is 7.48. The Balaban J connectivity index is 2.07. The van der Waals surface area contributed by atoms with Crippen molar-refractivity contribution in [1.82, 2.24) is 9.80 Å². The van der Waals surface area contributed by atoms with E-state index in [1.165, 1.54) is 51.9 Å². The van der Waals surface area contributed by atoms with Gasteiger partial charge in [-0.15, -0.1) is 0 Å². The van der Waals surface area contributed by atoms with Crippen molar-refractivity contribution in [3.63, 3.8) is 0 Å². The number of piperidine rings is 2. The van der Waals surface area contributed by atoms with E-state index in [1.54, 1.807) is 0 Å². The first-order valence-corrected chi connectivity index (χ1v) is 8.71. The molecule has 3 atom stereocenters. The summed E-state index contributed by atoms with van der Waals surface area (Å²) in [6.07, 6.45) is 5.16. The molecular weight excluding hydrogens is 246 g/mol. The van der Waals surface area contributed by atoms with Crippen molar-refractivity contribution >= 4 is 0 Å². The molecule has 20 heavy (non-hydrogen) atoms. The first-order chi connectivity index (χ1) is 9.52. The zero-order valence-corrected chi connectivity index (χ0v) is 14.1. The zero-order valence-electron chi connectivity index (χ0n) is 14.1. The lowest BCUT2D eigenvalue weighted by molar-refractivity contribution is -0.0473. The molecule has 2 heterocycles. The molecule has 3 unspecified atom stereocenters. The van der Waals surface area contributed by atoms with E-state index in [2.05, 4.69) is 37.5 Å². The summed E-state index contributed by atoms with van der Waals surface area (Å²) in [6, 6.07) is 0.687. The largest absolute Gasteiger partial charge is 0.329 e. The van der Waals surface area contributed by atoms with Crippen LogP contribution in [0.1, 0.15) is 53.4 Å². The highest BCUT2D eigenvalue weighted by atomic mass is 15.3. The van der Waals surface area contributed by atoms with Crippen molar-refractivity contribution in [3.8, 4) is 0 Å². The fourth-order valence-electron chi connectivity index (χ4n) is 4.46. The van der Waals surface area contributed by atoms with Gasteiger partial charge in [0.15, 0.2) is 0 Å². The molecule has 3 heteroatoms. The van der Waals surface area contributed by atoms with Crippen molar-refractivity contribution < 1.29 is 0 Å². The van der Waals surface area contributed by atoms with Gasteiger partial charge in [0.1, 0.15) is 0 Å². The van der Waals surface area contributed by atoms with E-state index < -0.39 is 0 Å². The Hall–Kier alpha value is -0.120. The van der Waals surface area contributed by atoms with Gasteiger partial charge in [-0.3, -0.25) is 4.90 Å². The SMILES string of the molecule is CCCN1CCC(CN)(N2CC(C)CC(C)C2C)CC1. The molecule has 0 saturated carbocycles. The van der Waals surface area contributed by atoms with Crippen molar-refractivity contribution in [2.75, 3.05) is 32.7 Å². The summed E-state index contributed by atoms with van der Waals surface area (Å²) >= 11 is 0. The Bertz CT molecular complexity index is 297. The van der Waals surface area contributed by atoms with Crippen molar-refractivity contribution in [3.05, 3.63) is 0 Å². The lowest BCUT2D eigenvalue weighted by Crippen LogP contribution is -2.65. The van der Waals surface area contributed by atoms with E-state index >= 15 is 0 Å². The molecule has 0 bridgehead atoms. The molecule has 2 aliphatic rings. The van der Waals surface area contributed by atoms with Crippen molar-refractivity contribution in [2.24, 2.45) is 17.6 Å². The Morgan fingerprint density at radius 1 is 1.15 bits per heavy atom. The predicted molar refractivity (Wildman–Crippen MR) is 86.9 cm³/mol. The van der Waals surface area contributed by atoms with Crippen LogP contribution in [0.3, 0.4) is 0 Å². The Labute approximate surface area is 125 Å². The molecule has 0 aromatic carbocycles. The third kappa shape index (κ3) is 3.20. The Morgan fingerprint density at radius 3 is 2.35 bits per heavy atom. The molecule has 2 fully saturated rings. The molecule has 2 N–H and O–H groups in total. The summed E-state index contributed by atoms with van der Waals surface area (Å²) in [5, 5.41) is 0. The molecular formula is C17H35N3. The molecule has 3 nitrogen and oxygen atoms in total. The van der Waals surface area contributed by atoms with E-state index in [0.717, 1.165) is 18.4 Å². The lowest BCUT2D eigenvalue weighted by atomic mass is 9.78. The van der Waals surface area contributed by atoms with Gasteiger partial charge in [0.05, 0.1) is 0 Å². The van der Waals surface area contributed by atoms with Crippen LogP contribution in [-0.2, 0) is 0 Å². The average molecular weight is 281 g/mol. The van der Waals surface area contributed by atoms with Crippen LogP contribution in [0.2, 0.25) is 0 Å². The van der Waals surface area contributed by atoms with Gasteiger partial charge in [0.2, 0.25) is 0 Å². The van der Waals surface area contributed by atoms with E-state index in [1.807, 2.05) is 0 Å². The van der Waals surface area contributed by atoms with E-state index in [0.29, 0.717) is 6.04 Å². The summed E-state index contributed by atoms with van der Waals surface area (Å²) in [6.45, 7) is 15.3. The standard InChI is InChI=1S/C17H35N3/c1-5-8-19-9-6-17(13-18,7-10-19)20-12-14(2)11-15(3)16(20)4/h14-16H,5-13,18H2,1-4H3. The fourth-order valence-corrected chi connectivity index (χ4v) is 4.46. The number of nitrogens with zero attached hydrogens (tertiary/aromatic N) is 2. The zero-order chi connectivity index (χ0) is 14.8. The summed E-state index contributed by atoms with van der Waals surface area (Å²) < 4.78 is 0. The first kappa shape index (κ1) is 16.3. The van der Waals surface area contributed by atoms with Gasteiger partial charge in [-0.25, -0.2) is 0 Å². The van der Waals surface area contributed by atoms with Gasteiger partial charge in [-0.1, -0.05) is 20.8 Å². The van der Waals surface area contributed by atoms with E-state index in [-0.39, 0.29) is 5.54 Å². The summed E-state index contributed by atoms with van der Waals surface area (Å²) in [5.41, 5.74) is 6.55. The van der Waals surface area contributed by atoms with Gasteiger partial charge in [-0.2, -0.15) is 0 Å². The Kier molecular flexibility index (Phi) is 5.49. The van der Waals surface area contributed by atoms with Gasteiger partial charge >= 0.3 is 0 Å². The topological polar surface area (TPSA) is 32.5 Å². The lowest BCUT2D eigenvalue weighted by Gasteiger charge is -2.55. The molecule has 0 aliphatic carbocycles. The van der Waals surface area contributed by atoms with Gasteiger partial charge in [0, 0.05) is 24.7 Å². The monoisotopic (exact) mass is 281 g/mol. The number of hydrogen-bond donors (Lipinski definition) is 1. The molecule has 0 aromatic rings. The fraction of sp³-hybridized carbons (Fsp3) is 1.00. The molecule has 2 aliphatic heterocycles. The predicted octanol–water partition coefficient (Wildman–Crippen LogP) is 2.56. The van der Waals surface area contributed by atoms with Crippen LogP contribution in [0.25, 0.3) is 0 Å². The number of likely N-dealkylation sites (tertiary alicyclic amines) is 2. The minimum Gasteiger partial charge on any atom is -0.329 e. The van der Waals surface area contributed by atoms with Gasteiger partial charge in [0.25, 0.3) is 0 Å². The smallest absolute Gasteiger partial charge is 0.0359 e. The summed E-state index contributed by atoms with van der Waals surface area (Å²) in [4.78, 5) is 5.41.